The van der Waals surface area contributed by atoms with Crippen molar-refractivity contribution in [3.8, 4) is 0 Å². The van der Waals surface area contributed by atoms with E-state index in [0.717, 1.165) is 6.07 Å². The number of hydrogen-bond donors (Lipinski definition) is 2. The topological polar surface area (TPSA) is 52.6 Å². The van der Waals surface area contributed by atoms with Crippen molar-refractivity contribution in [3.63, 3.8) is 0 Å². The van der Waals surface area contributed by atoms with E-state index in [4.69, 9.17) is 5.11 Å². The molecule has 0 fully saturated rings. The van der Waals surface area contributed by atoms with Gasteiger partial charge in [0.1, 0.15) is 6.04 Å². The number of likely N-dealkylation sites (N-methyl/N-ethyl adjacent to an activating group) is 1. The highest BCUT2D eigenvalue weighted by Gasteiger charge is 2.36. The molecule has 2 N–H and O–H groups in total. The second-order valence-corrected chi connectivity index (χ2v) is 4.61. The maximum Gasteiger partial charge on any atom is 0.416 e. The summed E-state index contributed by atoms with van der Waals surface area (Å²) in [5, 5.41) is 11.8. The molecule has 112 valence electrons. The molecule has 7 heteroatoms. The van der Waals surface area contributed by atoms with Crippen LogP contribution in [-0.2, 0) is 11.0 Å². The van der Waals surface area contributed by atoms with E-state index < -0.39 is 23.8 Å². The summed E-state index contributed by atoms with van der Waals surface area (Å²) in [4.78, 5) is 13.0. The van der Waals surface area contributed by atoms with Gasteiger partial charge in [-0.25, -0.2) is 0 Å². The number of benzene rings is 1. The van der Waals surface area contributed by atoms with Crippen LogP contribution in [0, 0.1) is 0 Å². The summed E-state index contributed by atoms with van der Waals surface area (Å²) >= 11 is 0. The largest absolute Gasteiger partial charge is 0.480 e. The molecule has 0 amide bonds. The maximum atomic E-state index is 12.9. The van der Waals surface area contributed by atoms with Crippen LogP contribution in [0.1, 0.15) is 17.2 Å². The van der Waals surface area contributed by atoms with E-state index in [-0.39, 0.29) is 12.1 Å². The molecule has 1 unspecified atom stereocenters. The Morgan fingerprint density at radius 2 is 1.95 bits per heavy atom. The molecule has 0 aromatic heterocycles. The summed E-state index contributed by atoms with van der Waals surface area (Å²) < 4.78 is 38.7. The standard InChI is InChI=1S/C13H17F3N2O2/c1-18(2)8-7-17-11(12(19)20)9-5-3-4-6-10(9)13(14,15)16/h3-6,11,17H,7-8H2,1-2H3,(H,19,20). The lowest BCUT2D eigenvalue weighted by atomic mass is 10.00. The average molecular weight is 290 g/mol. The third-order valence-corrected chi connectivity index (χ3v) is 2.73. The molecule has 1 rings (SSSR count). The van der Waals surface area contributed by atoms with E-state index in [1.165, 1.54) is 18.2 Å². The second kappa shape index (κ2) is 6.71. The maximum absolute atomic E-state index is 12.9. The fourth-order valence-corrected chi connectivity index (χ4v) is 1.77. The SMILES string of the molecule is CN(C)CCNC(C(=O)O)c1ccccc1C(F)(F)F. The summed E-state index contributed by atoms with van der Waals surface area (Å²) in [5.41, 5.74) is -1.20. The number of rotatable bonds is 6. The first-order valence-corrected chi connectivity index (χ1v) is 6.00. The van der Waals surface area contributed by atoms with Crippen LogP contribution < -0.4 is 5.32 Å². The molecule has 20 heavy (non-hydrogen) atoms. The second-order valence-electron chi connectivity index (χ2n) is 4.61. The first-order chi connectivity index (χ1) is 9.23. The lowest BCUT2D eigenvalue weighted by Crippen LogP contribution is -2.35. The molecular weight excluding hydrogens is 273 g/mol. The lowest BCUT2D eigenvalue weighted by molar-refractivity contribution is -0.142. The predicted octanol–water partition coefficient (Wildman–Crippen LogP) is 1.98. The highest BCUT2D eigenvalue weighted by molar-refractivity contribution is 5.76. The van der Waals surface area contributed by atoms with Crippen molar-refractivity contribution in [2.24, 2.45) is 0 Å². The summed E-state index contributed by atoms with van der Waals surface area (Å²) in [5.74, 6) is -1.33. The van der Waals surface area contributed by atoms with Gasteiger partial charge in [-0.3, -0.25) is 10.1 Å². The fraction of sp³-hybridized carbons (Fsp3) is 0.462. The average Bonchev–Trinajstić information content (AvgIpc) is 2.33. The molecule has 0 spiro atoms. The smallest absolute Gasteiger partial charge is 0.416 e. The molecule has 1 aromatic rings. The van der Waals surface area contributed by atoms with E-state index in [1.807, 2.05) is 4.90 Å². The van der Waals surface area contributed by atoms with Gasteiger partial charge in [-0.15, -0.1) is 0 Å². The van der Waals surface area contributed by atoms with Crippen LogP contribution in [0.5, 0.6) is 0 Å². The highest BCUT2D eigenvalue weighted by Crippen LogP contribution is 2.34. The van der Waals surface area contributed by atoms with E-state index in [0.29, 0.717) is 6.54 Å². The van der Waals surface area contributed by atoms with Gasteiger partial charge in [-0.1, -0.05) is 18.2 Å². The number of halogens is 3. The van der Waals surface area contributed by atoms with Crippen LogP contribution in [0.4, 0.5) is 13.2 Å². The number of carbonyl (C=O) groups is 1. The highest BCUT2D eigenvalue weighted by atomic mass is 19.4. The van der Waals surface area contributed by atoms with Crippen molar-refractivity contribution in [3.05, 3.63) is 35.4 Å². The number of hydrogen-bond acceptors (Lipinski definition) is 3. The first kappa shape index (κ1) is 16.5. The summed E-state index contributed by atoms with van der Waals surface area (Å²) in [6, 6.07) is 3.33. The van der Waals surface area contributed by atoms with Gasteiger partial charge >= 0.3 is 12.1 Å². The van der Waals surface area contributed by atoms with Gasteiger partial charge in [-0.2, -0.15) is 13.2 Å². The number of carboxylic acids is 1. The van der Waals surface area contributed by atoms with Gasteiger partial charge in [0.15, 0.2) is 0 Å². The van der Waals surface area contributed by atoms with Gasteiger partial charge in [0, 0.05) is 13.1 Å². The third kappa shape index (κ3) is 4.50. The molecule has 0 saturated carbocycles. The third-order valence-electron chi connectivity index (χ3n) is 2.73. The van der Waals surface area contributed by atoms with Crippen molar-refractivity contribution < 1.29 is 23.1 Å². The van der Waals surface area contributed by atoms with Crippen molar-refractivity contribution in [1.82, 2.24) is 10.2 Å². The lowest BCUT2D eigenvalue weighted by Gasteiger charge is -2.20. The Labute approximate surface area is 115 Å². The monoisotopic (exact) mass is 290 g/mol. The molecule has 4 nitrogen and oxygen atoms in total. The Hall–Kier alpha value is -1.60. The minimum atomic E-state index is -4.58. The molecule has 0 saturated heterocycles. The molecule has 0 radical (unpaired) electrons. The molecule has 0 aliphatic carbocycles. The van der Waals surface area contributed by atoms with Gasteiger partial charge in [0.25, 0.3) is 0 Å². The zero-order valence-corrected chi connectivity index (χ0v) is 11.2. The summed E-state index contributed by atoms with van der Waals surface area (Å²) in [6.45, 7) is 0.800. The number of carboxylic acid groups (broad SMARTS) is 1. The number of aliphatic carboxylic acids is 1. The summed E-state index contributed by atoms with van der Waals surface area (Å²) in [7, 11) is 3.59. The molecule has 0 aliphatic rings. The quantitative estimate of drug-likeness (QED) is 0.841. The van der Waals surface area contributed by atoms with Crippen molar-refractivity contribution in [2.45, 2.75) is 12.2 Å². The van der Waals surface area contributed by atoms with Crippen LogP contribution >= 0.6 is 0 Å². The predicted molar refractivity (Wildman–Crippen MR) is 68.4 cm³/mol. The number of nitrogens with one attached hydrogen (secondary N) is 1. The van der Waals surface area contributed by atoms with Gasteiger partial charge in [0.05, 0.1) is 5.56 Å². The molecule has 1 aromatic carbocycles. The minimum Gasteiger partial charge on any atom is -0.480 e. The van der Waals surface area contributed by atoms with E-state index in [1.54, 1.807) is 14.1 Å². The normalized spacial score (nSPS) is 13.5. The van der Waals surface area contributed by atoms with Crippen molar-refractivity contribution in [1.29, 1.82) is 0 Å². The van der Waals surface area contributed by atoms with E-state index >= 15 is 0 Å². The molecule has 1 atom stereocenters. The van der Waals surface area contributed by atoms with Crippen LogP contribution in [0.15, 0.2) is 24.3 Å². The number of nitrogens with zero attached hydrogens (tertiary/aromatic N) is 1. The minimum absolute atomic E-state index is 0.272. The van der Waals surface area contributed by atoms with E-state index in [9.17, 15) is 18.0 Å². The Morgan fingerprint density at radius 3 is 2.45 bits per heavy atom. The molecule has 0 aliphatic heterocycles. The fourth-order valence-electron chi connectivity index (χ4n) is 1.77. The first-order valence-electron chi connectivity index (χ1n) is 6.00. The van der Waals surface area contributed by atoms with Gasteiger partial charge < -0.3 is 10.0 Å². The zero-order valence-electron chi connectivity index (χ0n) is 11.2. The number of alkyl halides is 3. The molecular formula is C13H17F3N2O2. The Kier molecular flexibility index (Phi) is 5.52. The van der Waals surface area contributed by atoms with Crippen molar-refractivity contribution in [2.75, 3.05) is 27.2 Å². The van der Waals surface area contributed by atoms with Gasteiger partial charge in [0.2, 0.25) is 0 Å². The van der Waals surface area contributed by atoms with Crippen molar-refractivity contribution >= 4 is 5.97 Å². The Bertz CT molecular complexity index is 461. The van der Waals surface area contributed by atoms with Gasteiger partial charge in [-0.05, 0) is 25.7 Å². The van der Waals surface area contributed by atoms with Crippen LogP contribution in [0.25, 0.3) is 0 Å². The molecule has 0 bridgehead atoms. The molecule has 0 heterocycles. The summed E-state index contributed by atoms with van der Waals surface area (Å²) in [6.07, 6.45) is -4.58. The van der Waals surface area contributed by atoms with E-state index in [2.05, 4.69) is 5.32 Å². The van der Waals surface area contributed by atoms with Crippen LogP contribution in [0.3, 0.4) is 0 Å². The Balaban J connectivity index is 3.01. The van der Waals surface area contributed by atoms with Crippen LogP contribution in [0.2, 0.25) is 0 Å². The zero-order chi connectivity index (χ0) is 15.3. The Morgan fingerprint density at radius 1 is 1.35 bits per heavy atom. The van der Waals surface area contributed by atoms with Crippen LogP contribution in [-0.4, -0.2) is 43.2 Å².